The van der Waals surface area contributed by atoms with E-state index >= 15 is 0 Å². The maximum absolute atomic E-state index is 14.3. The van der Waals surface area contributed by atoms with Crippen LogP contribution in [-0.2, 0) is 22.6 Å². The molecule has 2 amide bonds. The number of hydrogen-bond acceptors (Lipinski definition) is 4. The molecule has 5 rings (SSSR count). The lowest BCUT2D eigenvalue weighted by Crippen LogP contribution is -2.43. The van der Waals surface area contributed by atoms with Crippen molar-refractivity contribution < 1.29 is 18.4 Å². The number of fused-ring (bicyclic) bond motifs is 2. The molecular formula is C23H20F2N4O3. The zero-order chi connectivity index (χ0) is 22.6. The quantitative estimate of drug-likeness (QED) is 0.615. The largest absolute Gasteiger partial charge is 0.337 e. The molecule has 1 aromatic carbocycles. The minimum absolute atomic E-state index is 0.0181. The summed E-state index contributed by atoms with van der Waals surface area (Å²) in [5, 5.41) is 0. The van der Waals surface area contributed by atoms with E-state index in [2.05, 4.69) is 4.98 Å². The third-order valence-corrected chi connectivity index (χ3v) is 6.11. The number of carbonyl (C=O) groups excluding carboxylic acids is 2. The second-order valence-corrected chi connectivity index (χ2v) is 8.29. The van der Waals surface area contributed by atoms with Crippen LogP contribution < -0.4 is 10.5 Å². The number of anilines is 1. The smallest absolute Gasteiger partial charge is 0.263 e. The van der Waals surface area contributed by atoms with Gasteiger partial charge in [-0.15, -0.1) is 0 Å². The third kappa shape index (κ3) is 3.34. The van der Waals surface area contributed by atoms with Crippen molar-refractivity contribution in [3.63, 3.8) is 0 Å². The molecule has 0 spiro atoms. The van der Waals surface area contributed by atoms with Crippen molar-refractivity contribution in [3.05, 3.63) is 75.3 Å². The first-order chi connectivity index (χ1) is 15.3. The third-order valence-electron chi connectivity index (χ3n) is 6.11. The summed E-state index contributed by atoms with van der Waals surface area (Å²) in [4.78, 5) is 45.9. The number of aromatic nitrogens is 2. The molecule has 164 valence electrons. The molecule has 0 aliphatic carbocycles. The lowest BCUT2D eigenvalue weighted by atomic mass is 10.0. The fourth-order valence-corrected chi connectivity index (χ4v) is 4.45. The lowest BCUT2D eigenvalue weighted by molar-refractivity contribution is -0.136. The Morgan fingerprint density at radius 1 is 1.16 bits per heavy atom. The van der Waals surface area contributed by atoms with Crippen molar-refractivity contribution in [1.82, 2.24) is 14.3 Å². The van der Waals surface area contributed by atoms with Crippen LogP contribution in [-0.4, -0.2) is 39.2 Å². The summed E-state index contributed by atoms with van der Waals surface area (Å²) in [5.41, 5.74) is 1.87. The predicted octanol–water partition coefficient (Wildman–Crippen LogP) is 2.22. The van der Waals surface area contributed by atoms with Gasteiger partial charge in [-0.3, -0.25) is 18.8 Å². The van der Waals surface area contributed by atoms with E-state index in [-0.39, 0.29) is 37.0 Å². The standard InChI is InChI=1S/C23H20F2N4O3/c1-13-2-4-17(25)19(8-13)28-10-14(9-21(28)30)22(31)27-7-6-18-16(12-27)23(32)29-11-15(24)3-5-20(29)26-18/h2-5,8,11,14H,6-7,9-10,12H2,1H3. The number of benzene rings is 1. The Morgan fingerprint density at radius 2 is 1.97 bits per heavy atom. The second-order valence-electron chi connectivity index (χ2n) is 8.29. The molecule has 0 radical (unpaired) electrons. The van der Waals surface area contributed by atoms with E-state index in [1.54, 1.807) is 19.1 Å². The van der Waals surface area contributed by atoms with E-state index in [0.717, 1.165) is 16.2 Å². The van der Waals surface area contributed by atoms with Crippen LogP contribution in [0, 0.1) is 24.5 Å². The molecule has 2 aliphatic rings. The number of carbonyl (C=O) groups is 2. The maximum Gasteiger partial charge on any atom is 0.263 e. The number of pyridine rings is 1. The van der Waals surface area contributed by atoms with Crippen LogP contribution in [0.15, 0.2) is 41.3 Å². The van der Waals surface area contributed by atoms with Gasteiger partial charge >= 0.3 is 0 Å². The molecule has 3 aromatic rings. The van der Waals surface area contributed by atoms with E-state index in [1.807, 2.05) is 0 Å². The highest BCUT2D eigenvalue weighted by Gasteiger charge is 2.39. The molecule has 1 fully saturated rings. The predicted molar refractivity (Wildman–Crippen MR) is 112 cm³/mol. The van der Waals surface area contributed by atoms with Gasteiger partial charge in [-0.05, 0) is 36.8 Å². The highest BCUT2D eigenvalue weighted by atomic mass is 19.1. The van der Waals surface area contributed by atoms with Crippen LogP contribution in [0.3, 0.4) is 0 Å². The number of hydrogen-bond donors (Lipinski definition) is 0. The number of amides is 2. The van der Waals surface area contributed by atoms with E-state index in [1.165, 1.54) is 28.0 Å². The molecule has 2 aliphatic heterocycles. The van der Waals surface area contributed by atoms with Gasteiger partial charge < -0.3 is 9.80 Å². The number of halogens is 2. The average molecular weight is 438 g/mol. The van der Waals surface area contributed by atoms with Crippen molar-refractivity contribution in [2.75, 3.05) is 18.0 Å². The van der Waals surface area contributed by atoms with Gasteiger partial charge in [-0.1, -0.05) is 6.07 Å². The van der Waals surface area contributed by atoms with Crippen molar-refractivity contribution in [2.45, 2.75) is 26.3 Å². The van der Waals surface area contributed by atoms with Gasteiger partial charge in [-0.2, -0.15) is 0 Å². The molecule has 9 heteroatoms. The summed E-state index contributed by atoms with van der Waals surface area (Å²) in [6, 6.07) is 7.20. The summed E-state index contributed by atoms with van der Waals surface area (Å²) in [5.74, 6) is -2.27. The second kappa shape index (κ2) is 7.51. The van der Waals surface area contributed by atoms with Crippen LogP contribution in [0.5, 0.6) is 0 Å². The monoisotopic (exact) mass is 438 g/mol. The molecular weight excluding hydrogens is 418 g/mol. The van der Waals surface area contributed by atoms with E-state index < -0.39 is 23.1 Å². The fraction of sp³-hybridized carbons (Fsp3) is 0.304. The van der Waals surface area contributed by atoms with Crippen molar-refractivity contribution in [1.29, 1.82) is 0 Å². The summed E-state index contributed by atoms with van der Waals surface area (Å²) < 4.78 is 29.0. The van der Waals surface area contributed by atoms with Crippen LogP contribution in [0.1, 0.15) is 23.2 Å². The van der Waals surface area contributed by atoms with Gasteiger partial charge in [0.2, 0.25) is 11.8 Å². The molecule has 0 bridgehead atoms. The molecule has 0 N–H and O–H groups in total. The minimum atomic E-state index is -0.627. The fourth-order valence-electron chi connectivity index (χ4n) is 4.45. The van der Waals surface area contributed by atoms with Crippen LogP contribution >= 0.6 is 0 Å². The molecule has 0 saturated carbocycles. The topological polar surface area (TPSA) is 75.0 Å². The Kier molecular flexibility index (Phi) is 4.76. The van der Waals surface area contributed by atoms with Crippen LogP contribution in [0.25, 0.3) is 5.65 Å². The molecule has 2 aromatic heterocycles. The minimum Gasteiger partial charge on any atom is -0.337 e. The van der Waals surface area contributed by atoms with Crippen molar-refractivity contribution in [2.24, 2.45) is 5.92 Å². The first-order valence-electron chi connectivity index (χ1n) is 10.4. The number of rotatable bonds is 2. The van der Waals surface area contributed by atoms with Gasteiger partial charge in [0.1, 0.15) is 17.3 Å². The molecule has 7 nitrogen and oxygen atoms in total. The van der Waals surface area contributed by atoms with E-state index in [0.29, 0.717) is 29.9 Å². The zero-order valence-corrected chi connectivity index (χ0v) is 17.3. The van der Waals surface area contributed by atoms with Gasteiger partial charge in [0.25, 0.3) is 5.56 Å². The van der Waals surface area contributed by atoms with Gasteiger partial charge in [0.05, 0.1) is 29.4 Å². The van der Waals surface area contributed by atoms with Crippen LogP contribution in [0.2, 0.25) is 0 Å². The van der Waals surface area contributed by atoms with Crippen molar-refractivity contribution >= 4 is 23.1 Å². The van der Waals surface area contributed by atoms with E-state index in [9.17, 15) is 23.2 Å². The van der Waals surface area contributed by atoms with Gasteiger partial charge in [0, 0.05) is 32.1 Å². The Balaban J connectivity index is 1.39. The van der Waals surface area contributed by atoms with Gasteiger partial charge in [0.15, 0.2) is 0 Å². The molecule has 32 heavy (non-hydrogen) atoms. The van der Waals surface area contributed by atoms with Crippen molar-refractivity contribution in [3.8, 4) is 0 Å². The summed E-state index contributed by atoms with van der Waals surface area (Å²) in [7, 11) is 0. The maximum atomic E-state index is 14.3. The van der Waals surface area contributed by atoms with Crippen LogP contribution in [0.4, 0.5) is 14.5 Å². The number of aryl methyl sites for hydroxylation is 1. The highest BCUT2D eigenvalue weighted by Crippen LogP contribution is 2.30. The Bertz CT molecular complexity index is 1340. The Labute approximate surface area is 181 Å². The lowest BCUT2D eigenvalue weighted by Gasteiger charge is -2.30. The average Bonchev–Trinajstić information content (AvgIpc) is 3.17. The summed E-state index contributed by atoms with van der Waals surface area (Å²) >= 11 is 0. The molecule has 1 unspecified atom stereocenters. The van der Waals surface area contributed by atoms with E-state index in [4.69, 9.17) is 0 Å². The first-order valence-corrected chi connectivity index (χ1v) is 10.4. The molecule has 1 atom stereocenters. The summed E-state index contributed by atoms with van der Waals surface area (Å²) in [6.45, 7) is 2.29. The molecule has 4 heterocycles. The number of nitrogens with zero attached hydrogens (tertiary/aromatic N) is 4. The SMILES string of the molecule is Cc1ccc(F)c(N2CC(C(=O)N3CCc4nc5ccc(F)cn5c(=O)c4C3)CC2=O)c1. The molecule has 1 saturated heterocycles. The Hall–Kier alpha value is -3.62. The Morgan fingerprint density at radius 3 is 2.78 bits per heavy atom. The van der Waals surface area contributed by atoms with Gasteiger partial charge in [-0.25, -0.2) is 13.8 Å². The normalized spacial score (nSPS) is 18.3. The zero-order valence-electron chi connectivity index (χ0n) is 17.3. The summed E-state index contributed by atoms with van der Waals surface area (Å²) in [6.07, 6.45) is 1.45. The highest BCUT2D eigenvalue weighted by molar-refractivity contribution is 6.00. The first kappa shape index (κ1) is 20.3.